The molecule has 0 saturated heterocycles. The number of hydrogen-bond acceptors (Lipinski definition) is 3. The molecule has 9 heteroatoms. The molecule has 1 rings (SSSR count). The molecule has 1 aromatic rings. The Morgan fingerprint density at radius 2 is 2.00 bits per heavy atom. The summed E-state index contributed by atoms with van der Waals surface area (Å²) in [6.07, 6.45) is 3.06. The van der Waals surface area contributed by atoms with Gasteiger partial charge in [0.1, 0.15) is 5.75 Å². The molecule has 0 bridgehead atoms. The summed E-state index contributed by atoms with van der Waals surface area (Å²) >= 11 is 5.92. The van der Waals surface area contributed by atoms with Gasteiger partial charge in [-0.25, -0.2) is 0 Å². The summed E-state index contributed by atoms with van der Waals surface area (Å²) in [6, 6.07) is 4.53. The van der Waals surface area contributed by atoms with Crippen molar-refractivity contribution in [2.45, 2.75) is 32.4 Å². The van der Waals surface area contributed by atoms with Crippen molar-refractivity contribution < 1.29 is 18.3 Å². The van der Waals surface area contributed by atoms with Crippen molar-refractivity contribution in [2.75, 3.05) is 27.3 Å². The first-order valence-electron chi connectivity index (χ1n) is 7.73. The summed E-state index contributed by atoms with van der Waals surface area (Å²) in [5, 5.41) is 6.68. The van der Waals surface area contributed by atoms with Crippen LogP contribution in [0.1, 0.15) is 24.8 Å². The van der Waals surface area contributed by atoms with Crippen LogP contribution in [0, 0.1) is 0 Å². The fourth-order valence-electron chi connectivity index (χ4n) is 2.05. The van der Waals surface area contributed by atoms with Gasteiger partial charge in [-0.3, -0.25) is 4.99 Å². The molecule has 0 fully saturated rings. The Labute approximate surface area is 169 Å². The second-order valence-electron chi connectivity index (χ2n) is 5.04. The Balaban J connectivity index is 0.00000576. The molecule has 0 spiro atoms. The molecule has 0 aromatic heterocycles. The second kappa shape index (κ2) is 14.3. The number of alkyl halides is 2. The van der Waals surface area contributed by atoms with Crippen molar-refractivity contribution in [1.82, 2.24) is 10.6 Å². The van der Waals surface area contributed by atoms with Gasteiger partial charge >= 0.3 is 6.61 Å². The van der Waals surface area contributed by atoms with Crippen LogP contribution >= 0.6 is 35.6 Å². The molecular formula is C16H25ClF2IN3O2. The Hall–Kier alpha value is -0.870. The van der Waals surface area contributed by atoms with E-state index in [1.807, 2.05) is 0 Å². The Kier molecular flexibility index (Phi) is 13.8. The molecule has 0 aliphatic heterocycles. The van der Waals surface area contributed by atoms with Gasteiger partial charge in [0.2, 0.25) is 0 Å². The number of methoxy groups -OCH3 is 1. The van der Waals surface area contributed by atoms with Crippen LogP contribution in [0.15, 0.2) is 23.2 Å². The monoisotopic (exact) mass is 491 g/mol. The zero-order valence-electron chi connectivity index (χ0n) is 14.4. The van der Waals surface area contributed by atoms with Gasteiger partial charge in [-0.1, -0.05) is 11.6 Å². The van der Waals surface area contributed by atoms with Crippen LogP contribution in [0.3, 0.4) is 0 Å². The molecule has 0 radical (unpaired) electrons. The standard InChI is InChI=1S/C16H24ClF2N3O2.HI/c1-20-16(21-8-4-3-5-9-23-2)22-11-12-10-13(17)6-7-14(12)24-15(18)19;/h6-7,10,15H,3-5,8-9,11H2,1-2H3,(H2,20,21,22);1H. The zero-order valence-corrected chi connectivity index (χ0v) is 17.4. The zero-order chi connectivity index (χ0) is 17.8. The number of nitrogens with zero attached hydrogens (tertiary/aromatic N) is 1. The molecule has 0 unspecified atom stereocenters. The van der Waals surface area contributed by atoms with E-state index in [0.29, 0.717) is 16.5 Å². The van der Waals surface area contributed by atoms with Crippen molar-refractivity contribution >= 4 is 41.5 Å². The molecule has 144 valence electrons. The van der Waals surface area contributed by atoms with Crippen LogP contribution in [-0.2, 0) is 11.3 Å². The Morgan fingerprint density at radius 1 is 1.24 bits per heavy atom. The maximum absolute atomic E-state index is 12.4. The van der Waals surface area contributed by atoms with Crippen molar-refractivity contribution in [3.8, 4) is 5.75 Å². The number of guanidine groups is 1. The van der Waals surface area contributed by atoms with Gasteiger partial charge < -0.3 is 20.1 Å². The van der Waals surface area contributed by atoms with Crippen molar-refractivity contribution in [2.24, 2.45) is 4.99 Å². The van der Waals surface area contributed by atoms with Crippen LogP contribution < -0.4 is 15.4 Å². The maximum atomic E-state index is 12.4. The van der Waals surface area contributed by atoms with Gasteiger partial charge in [0.25, 0.3) is 0 Å². The molecule has 0 saturated carbocycles. The van der Waals surface area contributed by atoms with Gasteiger partial charge in [0.15, 0.2) is 5.96 Å². The van der Waals surface area contributed by atoms with Crippen LogP contribution in [-0.4, -0.2) is 39.9 Å². The predicted molar refractivity (Wildman–Crippen MR) is 107 cm³/mol. The topological polar surface area (TPSA) is 54.9 Å². The van der Waals surface area contributed by atoms with Crippen LogP contribution in [0.4, 0.5) is 8.78 Å². The fraction of sp³-hybridized carbons (Fsp3) is 0.562. The third kappa shape index (κ3) is 10.7. The third-order valence-electron chi connectivity index (χ3n) is 3.23. The van der Waals surface area contributed by atoms with Gasteiger partial charge in [0, 0.05) is 44.4 Å². The number of benzene rings is 1. The second-order valence-corrected chi connectivity index (χ2v) is 5.47. The largest absolute Gasteiger partial charge is 0.434 e. The van der Waals surface area contributed by atoms with Gasteiger partial charge in [0.05, 0.1) is 0 Å². The minimum atomic E-state index is -2.88. The Morgan fingerprint density at radius 3 is 2.64 bits per heavy atom. The van der Waals surface area contributed by atoms with E-state index in [1.165, 1.54) is 12.1 Å². The number of halogens is 4. The van der Waals surface area contributed by atoms with E-state index in [1.54, 1.807) is 20.2 Å². The average molecular weight is 492 g/mol. The van der Waals surface area contributed by atoms with Crippen LogP contribution in [0.5, 0.6) is 5.75 Å². The van der Waals surface area contributed by atoms with E-state index < -0.39 is 6.61 Å². The quantitative estimate of drug-likeness (QED) is 0.224. The maximum Gasteiger partial charge on any atom is 0.387 e. The SMILES string of the molecule is CN=C(NCCCCCOC)NCc1cc(Cl)ccc1OC(F)F.I. The van der Waals surface area contributed by atoms with E-state index in [4.69, 9.17) is 16.3 Å². The highest BCUT2D eigenvalue weighted by molar-refractivity contribution is 14.0. The van der Waals surface area contributed by atoms with E-state index in [0.717, 1.165) is 32.4 Å². The molecular weight excluding hydrogens is 467 g/mol. The van der Waals surface area contributed by atoms with Gasteiger partial charge in [-0.15, -0.1) is 24.0 Å². The number of unbranched alkanes of at least 4 members (excludes halogenated alkanes) is 2. The normalized spacial score (nSPS) is 11.2. The number of hydrogen-bond donors (Lipinski definition) is 2. The predicted octanol–water partition coefficient (Wildman–Crippen LogP) is 4.04. The summed E-state index contributed by atoms with van der Waals surface area (Å²) < 4.78 is 34.4. The molecule has 0 amide bonds. The molecule has 5 nitrogen and oxygen atoms in total. The highest BCUT2D eigenvalue weighted by Gasteiger charge is 2.10. The average Bonchev–Trinajstić information content (AvgIpc) is 2.55. The lowest BCUT2D eigenvalue weighted by Crippen LogP contribution is -2.37. The minimum absolute atomic E-state index is 0. The van der Waals surface area contributed by atoms with Crippen molar-refractivity contribution in [1.29, 1.82) is 0 Å². The highest BCUT2D eigenvalue weighted by atomic mass is 127. The smallest absolute Gasteiger partial charge is 0.387 e. The summed E-state index contributed by atoms with van der Waals surface area (Å²) in [7, 11) is 3.33. The van der Waals surface area contributed by atoms with E-state index in [9.17, 15) is 8.78 Å². The number of aliphatic imine (C=N–C) groups is 1. The van der Waals surface area contributed by atoms with Gasteiger partial charge in [-0.05, 0) is 37.5 Å². The Bertz CT molecular complexity index is 522. The third-order valence-corrected chi connectivity index (χ3v) is 3.46. The highest BCUT2D eigenvalue weighted by Crippen LogP contribution is 2.24. The number of ether oxygens (including phenoxy) is 2. The van der Waals surface area contributed by atoms with E-state index in [2.05, 4.69) is 20.4 Å². The first-order valence-corrected chi connectivity index (χ1v) is 8.11. The first-order chi connectivity index (χ1) is 11.6. The summed E-state index contributed by atoms with van der Waals surface area (Å²) in [5.74, 6) is 0.682. The van der Waals surface area contributed by atoms with E-state index in [-0.39, 0.29) is 36.3 Å². The molecule has 0 aliphatic rings. The molecule has 0 atom stereocenters. The molecule has 25 heavy (non-hydrogen) atoms. The van der Waals surface area contributed by atoms with Crippen molar-refractivity contribution in [3.63, 3.8) is 0 Å². The van der Waals surface area contributed by atoms with Crippen LogP contribution in [0.25, 0.3) is 0 Å². The summed E-state index contributed by atoms with van der Waals surface area (Å²) in [5.41, 5.74) is 0.533. The van der Waals surface area contributed by atoms with E-state index >= 15 is 0 Å². The lowest BCUT2D eigenvalue weighted by Gasteiger charge is -2.15. The lowest BCUT2D eigenvalue weighted by atomic mass is 10.2. The summed E-state index contributed by atoms with van der Waals surface area (Å²) in [4.78, 5) is 4.10. The molecule has 1 aromatic carbocycles. The number of nitrogens with one attached hydrogen (secondary N) is 2. The number of rotatable bonds is 10. The van der Waals surface area contributed by atoms with Gasteiger partial charge in [-0.2, -0.15) is 8.78 Å². The lowest BCUT2D eigenvalue weighted by molar-refractivity contribution is -0.0504. The van der Waals surface area contributed by atoms with Crippen LogP contribution in [0.2, 0.25) is 5.02 Å². The first kappa shape index (κ1) is 24.1. The summed E-state index contributed by atoms with van der Waals surface area (Å²) in [6.45, 7) is -1.09. The molecule has 2 N–H and O–H groups in total. The fourth-order valence-corrected chi connectivity index (χ4v) is 2.25. The molecule has 0 heterocycles. The minimum Gasteiger partial charge on any atom is -0.434 e. The molecule has 0 aliphatic carbocycles. The van der Waals surface area contributed by atoms with Crippen molar-refractivity contribution in [3.05, 3.63) is 28.8 Å².